The summed E-state index contributed by atoms with van der Waals surface area (Å²) in [4.78, 5) is 5.82. The van der Waals surface area contributed by atoms with Crippen molar-refractivity contribution in [1.82, 2.24) is 0 Å². The minimum absolute atomic E-state index is 0.0615. The fraction of sp³-hybridized carbons (Fsp3) is 0.429. The molecule has 1 aliphatic carbocycles. The topological polar surface area (TPSA) is 65.6 Å². The SMILES string of the molecule is COc1cccc(C=Nc2sc3c(c2C#N)CC[C@H](C(C)(C)C)C3)c1O. The number of phenols is 1. The van der Waals surface area contributed by atoms with Gasteiger partial charge in [0, 0.05) is 16.7 Å². The first kappa shape index (κ1) is 18.5. The van der Waals surface area contributed by atoms with Crippen LogP contribution in [0.2, 0.25) is 0 Å². The van der Waals surface area contributed by atoms with E-state index in [4.69, 9.17) is 4.74 Å². The van der Waals surface area contributed by atoms with E-state index >= 15 is 0 Å². The number of phenolic OH excluding ortho intramolecular Hbond substituents is 1. The van der Waals surface area contributed by atoms with E-state index in [9.17, 15) is 10.4 Å². The van der Waals surface area contributed by atoms with E-state index in [1.54, 1.807) is 35.8 Å². The molecular weight excluding hydrogens is 344 g/mol. The summed E-state index contributed by atoms with van der Waals surface area (Å²) in [5, 5.41) is 20.6. The van der Waals surface area contributed by atoms with Crippen LogP contribution in [0.15, 0.2) is 23.2 Å². The number of methoxy groups -OCH3 is 1. The lowest BCUT2D eigenvalue weighted by Gasteiger charge is -2.33. The standard InChI is InChI=1S/C21H24N2O2S/c1-21(2,3)14-8-9-15-16(11-22)20(26-18(15)10-14)23-12-13-6-5-7-17(25-4)19(13)24/h5-7,12,14,24H,8-10H2,1-4H3/t14-/m0/s1. The van der Waals surface area contributed by atoms with Crippen LogP contribution >= 0.6 is 11.3 Å². The van der Waals surface area contributed by atoms with Gasteiger partial charge in [-0.05, 0) is 48.3 Å². The zero-order valence-electron chi connectivity index (χ0n) is 15.7. The predicted molar refractivity (Wildman–Crippen MR) is 106 cm³/mol. The largest absolute Gasteiger partial charge is 0.504 e. The van der Waals surface area contributed by atoms with Crippen LogP contribution in [0.25, 0.3) is 0 Å². The molecule has 0 radical (unpaired) electrons. The minimum atomic E-state index is 0.0615. The van der Waals surface area contributed by atoms with Gasteiger partial charge in [0.05, 0.1) is 12.7 Å². The Morgan fingerprint density at radius 2 is 2.15 bits per heavy atom. The van der Waals surface area contributed by atoms with Crippen LogP contribution in [0.1, 0.15) is 48.8 Å². The van der Waals surface area contributed by atoms with Crippen LogP contribution in [0.5, 0.6) is 11.5 Å². The van der Waals surface area contributed by atoms with Gasteiger partial charge < -0.3 is 9.84 Å². The number of nitrogens with zero attached hydrogens (tertiary/aromatic N) is 2. The molecule has 1 aliphatic rings. The molecule has 4 nitrogen and oxygen atoms in total. The van der Waals surface area contributed by atoms with E-state index in [2.05, 4.69) is 31.8 Å². The van der Waals surface area contributed by atoms with E-state index in [-0.39, 0.29) is 11.2 Å². The molecule has 2 aromatic rings. The number of aromatic hydroxyl groups is 1. The van der Waals surface area contributed by atoms with Crippen molar-refractivity contribution in [2.24, 2.45) is 16.3 Å². The van der Waals surface area contributed by atoms with Crippen LogP contribution < -0.4 is 4.74 Å². The van der Waals surface area contributed by atoms with E-state index in [1.165, 1.54) is 17.6 Å². The Hall–Kier alpha value is -2.32. The fourth-order valence-electron chi connectivity index (χ4n) is 3.45. The Morgan fingerprint density at radius 1 is 1.38 bits per heavy atom. The lowest BCUT2D eigenvalue weighted by Crippen LogP contribution is -2.26. The van der Waals surface area contributed by atoms with Crippen LogP contribution in [0, 0.1) is 22.7 Å². The Bertz CT molecular complexity index is 885. The Labute approximate surface area is 158 Å². The number of para-hydroxylation sites is 1. The summed E-state index contributed by atoms with van der Waals surface area (Å²) >= 11 is 1.61. The first-order valence-corrected chi connectivity index (χ1v) is 9.61. The average Bonchev–Trinajstić information content (AvgIpc) is 2.96. The van der Waals surface area contributed by atoms with Gasteiger partial charge in [0.15, 0.2) is 11.5 Å². The maximum atomic E-state index is 10.2. The molecule has 5 heteroatoms. The van der Waals surface area contributed by atoms with E-state index in [0.717, 1.165) is 24.3 Å². The second-order valence-electron chi connectivity index (χ2n) is 7.76. The van der Waals surface area contributed by atoms with Crippen molar-refractivity contribution in [3.8, 4) is 17.6 Å². The zero-order chi connectivity index (χ0) is 18.9. The van der Waals surface area contributed by atoms with Crippen LogP contribution in [0.3, 0.4) is 0 Å². The maximum Gasteiger partial charge on any atom is 0.166 e. The van der Waals surface area contributed by atoms with Gasteiger partial charge in [0.2, 0.25) is 0 Å². The summed E-state index contributed by atoms with van der Waals surface area (Å²) < 4.78 is 5.13. The average molecular weight is 369 g/mol. The van der Waals surface area contributed by atoms with Gasteiger partial charge in [-0.25, -0.2) is 4.99 Å². The molecule has 0 spiro atoms. The number of rotatable bonds is 3. The number of fused-ring (bicyclic) bond motifs is 1. The summed E-state index contributed by atoms with van der Waals surface area (Å²) in [6.45, 7) is 6.85. The predicted octanol–water partition coefficient (Wildman–Crippen LogP) is 5.24. The van der Waals surface area contributed by atoms with E-state index < -0.39 is 0 Å². The number of aliphatic imine (C=N–C) groups is 1. The summed E-state index contributed by atoms with van der Waals surface area (Å²) in [6.07, 6.45) is 4.67. The molecule has 0 saturated heterocycles. The summed E-state index contributed by atoms with van der Waals surface area (Å²) in [7, 11) is 1.52. The van der Waals surface area contributed by atoms with Gasteiger partial charge in [0.1, 0.15) is 11.1 Å². The molecule has 1 heterocycles. The van der Waals surface area contributed by atoms with Gasteiger partial charge in [-0.1, -0.05) is 26.8 Å². The fourth-order valence-corrected chi connectivity index (χ4v) is 4.67. The van der Waals surface area contributed by atoms with Crippen molar-refractivity contribution in [1.29, 1.82) is 5.26 Å². The Morgan fingerprint density at radius 3 is 2.81 bits per heavy atom. The second kappa shape index (κ2) is 7.13. The number of ether oxygens (including phenoxy) is 1. The highest BCUT2D eigenvalue weighted by molar-refractivity contribution is 7.16. The molecule has 26 heavy (non-hydrogen) atoms. The third kappa shape index (κ3) is 3.47. The molecule has 0 aliphatic heterocycles. The Kier molecular flexibility index (Phi) is 5.06. The number of hydrogen-bond donors (Lipinski definition) is 1. The van der Waals surface area contributed by atoms with Crippen molar-refractivity contribution in [2.75, 3.05) is 7.11 Å². The van der Waals surface area contributed by atoms with Crippen molar-refractivity contribution in [3.05, 3.63) is 39.8 Å². The van der Waals surface area contributed by atoms with Crippen LogP contribution in [-0.2, 0) is 12.8 Å². The summed E-state index contributed by atoms with van der Waals surface area (Å²) in [6, 6.07) is 7.62. The first-order valence-electron chi connectivity index (χ1n) is 8.79. The second-order valence-corrected chi connectivity index (χ2v) is 8.84. The molecule has 0 bridgehead atoms. The highest BCUT2D eigenvalue weighted by Gasteiger charge is 2.32. The Balaban J connectivity index is 1.93. The highest BCUT2D eigenvalue weighted by atomic mass is 32.1. The highest BCUT2D eigenvalue weighted by Crippen LogP contribution is 2.45. The van der Waals surface area contributed by atoms with Gasteiger partial charge >= 0.3 is 0 Å². The number of hydrogen-bond acceptors (Lipinski definition) is 5. The third-order valence-corrected chi connectivity index (χ3v) is 6.32. The van der Waals surface area contributed by atoms with Crippen molar-refractivity contribution < 1.29 is 9.84 Å². The van der Waals surface area contributed by atoms with Crippen LogP contribution in [0.4, 0.5) is 5.00 Å². The van der Waals surface area contributed by atoms with Crippen LogP contribution in [-0.4, -0.2) is 18.4 Å². The van der Waals surface area contributed by atoms with Gasteiger partial charge in [-0.3, -0.25) is 0 Å². The third-order valence-electron chi connectivity index (χ3n) is 5.15. The minimum Gasteiger partial charge on any atom is -0.504 e. The van der Waals surface area contributed by atoms with E-state index in [0.29, 0.717) is 22.8 Å². The number of thiophene rings is 1. The molecule has 0 unspecified atom stereocenters. The monoisotopic (exact) mass is 368 g/mol. The van der Waals surface area contributed by atoms with Crippen molar-refractivity contribution in [3.63, 3.8) is 0 Å². The van der Waals surface area contributed by atoms with Crippen molar-refractivity contribution >= 4 is 22.6 Å². The van der Waals surface area contributed by atoms with Gasteiger partial charge in [-0.15, -0.1) is 11.3 Å². The molecule has 0 fully saturated rings. The molecule has 1 N–H and O–H groups in total. The molecule has 3 rings (SSSR count). The molecule has 0 saturated carbocycles. The molecule has 1 aromatic carbocycles. The quantitative estimate of drug-likeness (QED) is 0.754. The van der Waals surface area contributed by atoms with Gasteiger partial charge in [-0.2, -0.15) is 5.26 Å². The summed E-state index contributed by atoms with van der Waals surface area (Å²) in [5.41, 5.74) is 2.70. The molecule has 0 amide bonds. The molecule has 136 valence electrons. The number of benzene rings is 1. The molecule has 1 aromatic heterocycles. The lowest BCUT2D eigenvalue weighted by atomic mass is 9.72. The molecule has 1 atom stereocenters. The zero-order valence-corrected chi connectivity index (χ0v) is 16.5. The first-order chi connectivity index (χ1) is 12.3. The lowest BCUT2D eigenvalue weighted by molar-refractivity contribution is 0.218. The molecular formula is C21H24N2O2S. The van der Waals surface area contributed by atoms with Gasteiger partial charge in [0.25, 0.3) is 0 Å². The normalized spacial score (nSPS) is 17.1. The van der Waals surface area contributed by atoms with E-state index in [1.807, 2.05) is 0 Å². The maximum absolute atomic E-state index is 10.2. The smallest absolute Gasteiger partial charge is 0.166 e. The van der Waals surface area contributed by atoms with Crippen molar-refractivity contribution in [2.45, 2.75) is 40.0 Å². The number of nitriles is 1. The summed E-state index contributed by atoms with van der Waals surface area (Å²) in [5.74, 6) is 1.10.